The van der Waals surface area contributed by atoms with Crippen LogP contribution in [0.2, 0.25) is 0 Å². The number of carbonyl (C=O) groups excluding carboxylic acids is 1. The highest BCUT2D eigenvalue weighted by Gasteiger charge is 2.17. The van der Waals surface area contributed by atoms with E-state index >= 15 is 0 Å². The van der Waals surface area contributed by atoms with Gasteiger partial charge in [-0.25, -0.2) is 0 Å². The van der Waals surface area contributed by atoms with Gasteiger partial charge >= 0.3 is 0 Å². The Hall–Kier alpha value is -1.92. The number of ether oxygens (including phenoxy) is 1. The monoisotopic (exact) mass is 357 g/mol. The summed E-state index contributed by atoms with van der Waals surface area (Å²) < 4.78 is 5.27. The molecule has 0 saturated carbocycles. The Balaban J connectivity index is 1.64. The number of thioether (sulfide) groups is 1. The Morgan fingerprint density at radius 1 is 1.08 bits per heavy atom. The van der Waals surface area contributed by atoms with Crippen LogP contribution in [-0.4, -0.2) is 53.1 Å². The second kappa shape index (κ2) is 7.97. The van der Waals surface area contributed by atoms with Gasteiger partial charge in [-0.05, 0) is 55.7 Å². The molecule has 2 heterocycles. The summed E-state index contributed by atoms with van der Waals surface area (Å²) in [7, 11) is 0. The first kappa shape index (κ1) is 17.9. The van der Waals surface area contributed by atoms with Crippen LogP contribution in [0.1, 0.15) is 16.7 Å². The zero-order chi connectivity index (χ0) is 17.8. The number of nitrogens with zero attached hydrogens (tertiary/aromatic N) is 3. The first-order chi connectivity index (χ1) is 12.0. The molecule has 1 saturated heterocycles. The van der Waals surface area contributed by atoms with Crippen LogP contribution < -0.4 is 0 Å². The fourth-order valence-corrected chi connectivity index (χ4v) is 3.53. The highest BCUT2D eigenvalue weighted by Crippen LogP contribution is 2.25. The van der Waals surface area contributed by atoms with Crippen molar-refractivity contribution in [3.05, 3.63) is 41.0 Å². The lowest BCUT2D eigenvalue weighted by molar-refractivity contribution is -0.132. The molecule has 0 spiro atoms. The molecule has 0 unspecified atom stereocenters. The van der Waals surface area contributed by atoms with E-state index in [0.717, 1.165) is 16.3 Å². The van der Waals surface area contributed by atoms with E-state index in [1.165, 1.54) is 28.5 Å². The van der Waals surface area contributed by atoms with E-state index in [-0.39, 0.29) is 5.91 Å². The molecule has 1 aliphatic heterocycles. The number of carbonyl (C=O) groups is 1. The van der Waals surface area contributed by atoms with Crippen LogP contribution in [0, 0.1) is 20.8 Å². The van der Waals surface area contributed by atoms with E-state index in [2.05, 4.69) is 43.1 Å². The standard InChI is InChI=1S/C19H23N3O2S/c1-13-10-15(3)16(11-14(13)2)17-4-5-18(21-20-17)25-12-19(23)22-6-8-24-9-7-22/h4-5,10-11H,6-9,12H2,1-3H3. The van der Waals surface area contributed by atoms with E-state index in [9.17, 15) is 4.79 Å². The van der Waals surface area contributed by atoms with Gasteiger partial charge in [-0.2, -0.15) is 0 Å². The Bertz CT molecular complexity index is 756. The average Bonchev–Trinajstić information content (AvgIpc) is 2.64. The second-order valence-electron chi connectivity index (χ2n) is 6.29. The minimum atomic E-state index is 0.129. The molecule has 1 fully saturated rings. The minimum Gasteiger partial charge on any atom is -0.378 e. The molecule has 0 N–H and O–H groups in total. The lowest BCUT2D eigenvalue weighted by Crippen LogP contribution is -2.41. The van der Waals surface area contributed by atoms with Gasteiger partial charge in [0.05, 0.1) is 24.7 Å². The van der Waals surface area contributed by atoms with Gasteiger partial charge in [0.15, 0.2) is 0 Å². The largest absolute Gasteiger partial charge is 0.378 e. The van der Waals surface area contributed by atoms with Crippen molar-refractivity contribution in [2.24, 2.45) is 0 Å². The molecule has 0 radical (unpaired) electrons. The number of morpholine rings is 1. The van der Waals surface area contributed by atoms with Crippen LogP contribution in [0.15, 0.2) is 29.3 Å². The van der Waals surface area contributed by atoms with E-state index in [1.54, 1.807) is 0 Å². The van der Waals surface area contributed by atoms with Gasteiger partial charge in [-0.15, -0.1) is 10.2 Å². The third kappa shape index (κ3) is 4.38. The van der Waals surface area contributed by atoms with Crippen molar-refractivity contribution in [2.45, 2.75) is 25.8 Å². The molecule has 25 heavy (non-hydrogen) atoms. The van der Waals surface area contributed by atoms with Gasteiger partial charge < -0.3 is 9.64 Å². The number of hydrogen-bond donors (Lipinski definition) is 0. The summed E-state index contributed by atoms with van der Waals surface area (Å²) in [6.45, 7) is 8.91. The minimum absolute atomic E-state index is 0.129. The van der Waals surface area contributed by atoms with Crippen molar-refractivity contribution < 1.29 is 9.53 Å². The Morgan fingerprint density at radius 2 is 1.80 bits per heavy atom. The summed E-state index contributed by atoms with van der Waals surface area (Å²) in [6, 6.07) is 8.25. The molecule has 0 bridgehead atoms. The van der Waals surface area contributed by atoms with Crippen LogP contribution in [0.4, 0.5) is 0 Å². The second-order valence-corrected chi connectivity index (χ2v) is 7.29. The number of hydrogen-bond acceptors (Lipinski definition) is 5. The third-order valence-electron chi connectivity index (χ3n) is 4.46. The molecular formula is C19H23N3O2S. The zero-order valence-electron chi connectivity index (χ0n) is 14.9. The lowest BCUT2D eigenvalue weighted by Gasteiger charge is -2.26. The van der Waals surface area contributed by atoms with Crippen LogP contribution in [0.25, 0.3) is 11.3 Å². The summed E-state index contributed by atoms with van der Waals surface area (Å²) in [5.41, 5.74) is 5.70. The maximum absolute atomic E-state index is 12.2. The summed E-state index contributed by atoms with van der Waals surface area (Å²) in [5, 5.41) is 9.41. The SMILES string of the molecule is Cc1cc(C)c(-c2ccc(SCC(=O)N3CCOCC3)nn2)cc1C. The molecule has 2 aromatic rings. The Kier molecular flexibility index (Phi) is 5.71. The number of benzene rings is 1. The smallest absolute Gasteiger partial charge is 0.233 e. The third-order valence-corrected chi connectivity index (χ3v) is 5.37. The summed E-state index contributed by atoms with van der Waals surface area (Å²) in [5.74, 6) is 0.514. The van der Waals surface area contributed by atoms with Gasteiger partial charge in [-0.3, -0.25) is 4.79 Å². The van der Waals surface area contributed by atoms with Crippen molar-refractivity contribution in [3.63, 3.8) is 0 Å². The number of rotatable bonds is 4. The molecule has 1 amide bonds. The molecule has 3 rings (SSSR count). The molecular weight excluding hydrogens is 334 g/mol. The lowest BCUT2D eigenvalue weighted by atomic mass is 9.99. The van der Waals surface area contributed by atoms with E-state index in [0.29, 0.717) is 32.1 Å². The first-order valence-corrected chi connectivity index (χ1v) is 9.43. The predicted octanol–water partition coefficient (Wildman–Crippen LogP) is 3.02. The molecule has 1 aromatic carbocycles. The predicted molar refractivity (Wildman–Crippen MR) is 99.8 cm³/mol. The first-order valence-electron chi connectivity index (χ1n) is 8.45. The summed E-state index contributed by atoms with van der Waals surface area (Å²) >= 11 is 1.43. The van der Waals surface area contributed by atoms with Crippen LogP contribution in [0.5, 0.6) is 0 Å². The van der Waals surface area contributed by atoms with E-state index < -0.39 is 0 Å². The number of aryl methyl sites for hydroxylation is 3. The maximum atomic E-state index is 12.2. The molecule has 0 aliphatic carbocycles. The highest BCUT2D eigenvalue weighted by atomic mass is 32.2. The van der Waals surface area contributed by atoms with Crippen LogP contribution in [0.3, 0.4) is 0 Å². The van der Waals surface area contributed by atoms with Crippen molar-refractivity contribution in [1.82, 2.24) is 15.1 Å². The van der Waals surface area contributed by atoms with Crippen molar-refractivity contribution >= 4 is 17.7 Å². The summed E-state index contributed by atoms with van der Waals surface area (Å²) in [4.78, 5) is 14.0. The molecule has 1 aliphatic rings. The Morgan fingerprint density at radius 3 is 2.48 bits per heavy atom. The number of aromatic nitrogens is 2. The van der Waals surface area contributed by atoms with Gasteiger partial charge in [0.25, 0.3) is 0 Å². The van der Waals surface area contributed by atoms with Gasteiger partial charge in [-0.1, -0.05) is 17.8 Å². The summed E-state index contributed by atoms with van der Waals surface area (Å²) in [6.07, 6.45) is 0. The highest BCUT2D eigenvalue weighted by molar-refractivity contribution is 7.99. The fraction of sp³-hybridized carbons (Fsp3) is 0.421. The molecule has 5 nitrogen and oxygen atoms in total. The maximum Gasteiger partial charge on any atom is 0.233 e. The fourth-order valence-electron chi connectivity index (χ4n) is 2.82. The zero-order valence-corrected chi connectivity index (χ0v) is 15.7. The normalized spacial score (nSPS) is 14.6. The average molecular weight is 357 g/mol. The van der Waals surface area contributed by atoms with E-state index in [1.807, 2.05) is 17.0 Å². The quantitative estimate of drug-likeness (QED) is 0.787. The van der Waals surface area contributed by atoms with Crippen molar-refractivity contribution in [1.29, 1.82) is 0 Å². The molecule has 6 heteroatoms. The van der Waals surface area contributed by atoms with Gasteiger partial charge in [0, 0.05) is 18.7 Å². The molecule has 0 atom stereocenters. The van der Waals surface area contributed by atoms with Crippen molar-refractivity contribution in [3.8, 4) is 11.3 Å². The molecule has 1 aromatic heterocycles. The Labute approximate surface area is 152 Å². The van der Waals surface area contributed by atoms with Crippen LogP contribution >= 0.6 is 11.8 Å². The van der Waals surface area contributed by atoms with Crippen LogP contribution in [-0.2, 0) is 9.53 Å². The number of amides is 1. The van der Waals surface area contributed by atoms with Gasteiger partial charge in [0.2, 0.25) is 5.91 Å². The van der Waals surface area contributed by atoms with Gasteiger partial charge in [0.1, 0.15) is 5.03 Å². The molecule has 132 valence electrons. The van der Waals surface area contributed by atoms with E-state index in [4.69, 9.17) is 4.74 Å². The topological polar surface area (TPSA) is 55.3 Å². The van der Waals surface area contributed by atoms with Crippen molar-refractivity contribution in [2.75, 3.05) is 32.1 Å².